The molecule has 0 aromatic heterocycles. The van der Waals surface area contributed by atoms with Crippen LogP contribution < -0.4 is 0 Å². The summed E-state index contributed by atoms with van der Waals surface area (Å²) in [7, 11) is -1.40. The van der Waals surface area contributed by atoms with Gasteiger partial charge in [-0.25, -0.2) is 12.7 Å². The van der Waals surface area contributed by atoms with Gasteiger partial charge >= 0.3 is 0 Å². The topological polar surface area (TPSA) is 57.6 Å². The van der Waals surface area contributed by atoms with E-state index in [-0.39, 0.29) is 6.61 Å². The van der Waals surface area contributed by atoms with Crippen molar-refractivity contribution in [1.82, 2.24) is 4.31 Å². The number of unbranched alkanes of at least 4 members (excludes halogenated alkanes) is 2. The van der Waals surface area contributed by atoms with E-state index in [0.29, 0.717) is 18.2 Å². The van der Waals surface area contributed by atoms with Crippen LogP contribution in [-0.2, 0) is 10.0 Å². The number of hydrogen-bond acceptors (Lipinski definition) is 3. The fourth-order valence-electron chi connectivity index (χ4n) is 2.54. The Bertz CT molecular complexity index is 310. The molecule has 0 aromatic carbocycles. The summed E-state index contributed by atoms with van der Waals surface area (Å²) >= 11 is 0. The molecule has 1 aliphatic carbocycles. The largest absolute Gasteiger partial charge is 0.396 e. The van der Waals surface area contributed by atoms with Gasteiger partial charge in [-0.1, -0.05) is 19.3 Å². The number of aliphatic hydroxyl groups excluding tert-OH is 1. The van der Waals surface area contributed by atoms with E-state index in [1.54, 1.807) is 7.05 Å². The molecule has 0 aliphatic heterocycles. The molecule has 1 saturated carbocycles. The van der Waals surface area contributed by atoms with Crippen molar-refractivity contribution in [1.29, 1.82) is 0 Å². The molecule has 1 N–H and O–H groups in total. The van der Waals surface area contributed by atoms with Crippen molar-refractivity contribution in [3.63, 3.8) is 0 Å². The Labute approximate surface area is 111 Å². The van der Waals surface area contributed by atoms with Crippen LogP contribution in [0.25, 0.3) is 0 Å². The predicted octanol–water partition coefficient (Wildman–Crippen LogP) is 1.99. The standard InChI is InChI=1S/C13H27NO3S/c1-14(10-6-3-7-11-15)18(16,17)12-13-8-4-2-5-9-13/h13,15H,2-12H2,1H3. The van der Waals surface area contributed by atoms with Crippen LogP contribution in [0.4, 0.5) is 0 Å². The second-order valence-corrected chi connectivity index (χ2v) is 7.51. The van der Waals surface area contributed by atoms with Crippen LogP contribution in [0.5, 0.6) is 0 Å². The fourth-order valence-corrected chi connectivity index (χ4v) is 4.13. The molecule has 5 heteroatoms. The summed E-state index contributed by atoms with van der Waals surface area (Å²) in [6, 6.07) is 0. The maximum Gasteiger partial charge on any atom is 0.214 e. The first-order chi connectivity index (χ1) is 8.56. The van der Waals surface area contributed by atoms with Crippen molar-refractivity contribution in [3.8, 4) is 0 Å². The lowest BCUT2D eigenvalue weighted by atomic mass is 9.91. The molecule has 1 rings (SSSR count). The van der Waals surface area contributed by atoms with Crippen molar-refractivity contribution >= 4 is 10.0 Å². The molecule has 4 nitrogen and oxygen atoms in total. The van der Waals surface area contributed by atoms with E-state index in [0.717, 1.165) is 32.1 Å². The van der Waals surface area contributed by atoms with Crippen molar-refractivity contribution < 1.29 is 13.5 Å². The van der Waals surface area contributed by atoms with E-state index in [1.165, 1.54) is 23.6 Å². The lowest BCUT2D eigenvalue weighted by Crippen LogP contribution is -2.33. The number of aliphatic hydroxyl groups is 1. The van der Waals surface area contributed by atoms with Crippen molar-refractivity contribution in [2.45, 2.75) is 51.4 Å². The van der Waals surface area contributed by atoms with Gasteiger partial charge in [0.25, 0.3) is 0 Å². The minimum atomic E-state index is -3.08. The van der Waals surface area contributed by atoms with Gasteiger partial charge in [0.05, 0.1) is 5.75 Å². The summed E-state index contributed by atoms with van der Waals surface area (Å²) in [4.78, 5) is 0. The average molecular weight is 277 g/mol. The van der Waals surface area contributed by atoms with Gasteiger partial charge in [-0.15, -0.1) is 0 Å². The van der Waals surface area contributed by atoms with Crippen LogP contribution in [-0.4, -0.2) is 43.8 Å². The first kappa shape index (κ1) is 15.9. The summed E-state index contributed by atoms with van der Waals surface area (Å²) in [5, 5.41) is 8.68. The molecule has 18 heavy (non-hydrogen) atoms. The minimum Gasteiger partial charge on any atom is -0.396 e. The number of rotatable bonds is 8. The lowest BCUT2D eigenvalue weighted by Gasteiger charge is -2.24. The molecular formula is C13H27NO3S. The third kappa shape index (κ3) is 5.67. The van der Waals surface area contributed by atoms with Gasteiger partial charge in [0, 0.05) is 20.2 Å². The first-order valence-electron chi connectivity index (χ1n) is 7.11. The van der Waals surface area contributed by atoms with E-state index in [9.17, 15) is 8.42 Å². The highest BCUT2D eigenvalue weighted by Crippen LogP contribution is 2.25. The van der Waals surface area contributed by atoms with E-state index in [4.69, 9.17) is 5.11 Å². The van der Waals surface area contributed by atoms with Gasteiger partial charge in [0.15, 0.2) is 0 Å². The zero-order valence-electron chi connectivity index (χ0n) is 11.5. The Morgan fingerprint density at radius 3 is 2.39 bits per heavy atom. The molecular weight excluding hydrogens is 250 g/mol. The van der Waals surface area contributed by atoms with Crippen molar-refractivity contribution in [2.75, 3.05) is 26.0 Å². The van der Waals surface area contributed by atoms with Gasteiger partial charge in [0.1, 0.15) is 0 Å². The van der Waals surface area contributed by atoms with Crippen LogP contribution >= 0.6 is 0 Å². The first-order valence-corrected chi connectivity index (χ1v) is 8.72. The molecule has 0 bridgehead atoms. The summed E-state index contributed by atoms with van der Waals surface area (Å²) in [6.07, 6.45) is 8.24. The quantitative estimate of drug-likeness (QED) is 0.690. The Kier molecular flexibility index (Phi) is 7.19. The lowest BCUT2D eigenvalue weighted by molar-refractivity contribution is 0.281. The van der Waals surface area contributed by atoms with Crippen LogP contribution in [0.2, 0.25) is 0 Å². The molecule has 0 spiro atoms. The van der Waals surface area contributed by atoms with Gasteiger partial charge in [-0.05, 0) is 38.0 Å². The summed E-state index contributed by atoms with van der Waals surface area (Å²) in [5.74, 6) is 0.687. The number of nitrogens with zero attached hydrogens (tertiary/aromatic N) is 1. The molecule has 0 atom stereocenters. The molecule has 0 heterocycles. The average Bonchev–Trinajstić information content (AvgIpc) is 2.35. The maximum atomic E-state index is 12.1. The smallest absolute Gasteiger partial charge is 0.214 e. The summed E-state index contributed by atoms with van der Waals surface area (Å²) in [6.45, 7) is 0.771. The molecule has 1 fully saturated rings. The van der Waals surface area contributed by atoms with E-state index >= 15 is 0 Å². The number of sulfonamides is 1. The predicted molar refractivity (Wildman–Crippen MR) is 73.9 cm³/mol. The highest BCUT2D eigenvalue weighted by molar-refractivity contribution is 7.89. The zero-order valence-corrected chi connectivity index (χ0v) is 12.3. The fraction of sp³-hybridized carbons (Fsp3) is 1.00. The van der Waals surface area contributed by atoms with E-state index in [1.807, 2.05) is 0 Å². The molecule has 0 amide bonds. The molecule has 0 saturated heterocycles. The highest BCUT2D eigenvalue weighted by Gasteiger charge is 2.24. The van der Waals surface area contributed by atoms with Gasteiger partial charge in [0.2, 0.25) is 10.0 Å². The van der Waals surface area contributed by atoms with Crippen LogP contribution in [0, 0.1) is 5.92 Å². The number of hydrogen-bond donors (Lipinski definition) is 1. The summed E-state index contributed by atoms with van der Waals surface area (Å²) < 4.78 is 25.8. The van der Waals surface area contributed by atoms with Crippen molar-refractivity contribution in [3.05, 3.63) is 0 Å². The third-order valence-electron chi connectivity index (χ3n) is 3.78. The van der Waals surface area contributed by atoms with E-state index < -0.39 is 10.0 Å². The Morgan fingerprint density at radius 2 is 1.78 bits per heavy atom. The van der Waals surface area contributed by atoms with Gasteiger partial charge in [-0.2, -0.15) is 0 Å². The second kappa shape index (κ2) is 8.12. The third-order valence-corrected chi connectivity index (χ3v) is 5.80. The molecule has 1 aliphatic rings. The maximum absolute atomic E-state index is 12.1. The van der Waals surface area contributed by atoms with Gasteiger partial charge in [-0.3, -0.25) is 0 Å². The zero-order chi connectivity index (χ0) is 13.4. The highest BCUT2D eigenvalue weighted by atomic mass is 32.2. The Hall–Kier alpha value is -0.130. The Morgan fingerprint density at radius 1 is 1.11 bits per heavy atom. The SMILES string of the molecule is CN(CCCCCO)S(=O)(=O)CC1CCCCC1. The van der Waals surface area contributed by atoms with Crippen LogP contribution in [0.15, 0.2) is 0 Å². The normalized spacial score (nSPS) is 18.4. The Balaban J connectivity index is 2.31. The minimum absolute atomic E-state index is 0.193. The molecule has 0 unspecified atom stereocenters. The van der Waals surface area contributed by atoms with E-state index in [2.05, 4.69) is 0 Å². The van der Waals surface area contributed by atoms with Crippen LogP contribution in [0.3, 0.4) is 0 Å². The van der Waals surface area contributed by atoms with Gasteiger partial charge < -0.3 is 5.11 Å². The van der Waals surface area contributed by atoms with Crippen LogP contribution in [0.1, 0.15) is 51.4 Å². The molecule has 0 aromatic rings. The summed E-state index contributed by atoms with van der Waals surface area (Å²) in [5.41, 5.74) is 0. The molecule has 108 valence electrons. The monoisotopic (exact) mass is 277 g/mol. The second-order valence-electron chi connectivity index (χ2n) is 5.39. The van der Waals surface area contributed by atoms with Crippen molar-refractivity contribution in [2.24, 2.45) is 5.92 Å². The molecule has 0 radical (unpaired) electrons.